The second-order valence-corrected chi connectivity index (χ2v) is 6.90. The van der Waals surface area contributed by atoms with Crippen LogP contribution in [0.1, 0.15) is 23.0 Å². The summed E-state index contributed by atoms with van der Waals surface area (Å²) in [4.78, 5) is 11.8. The van der Waals surface area contributed by atoms with E-state index in [-0.39, 0.29) is 17.2 Å². The van der Waals surface area contributed by atoms with E-state index in [2.05, 4.69) is 0 Å². The standard InChI is InChI=1S/C14H14ClNO4S/c1-2-20-14(17)13-8-12(21(15,18)19)10-16(13)9-11-6-4-3-5-7-11/h3-8,10H,2,9H2,1H3. The Morgan fingerprint density at radius 3 is 2.52 bits per heavy atom. The molecule has 0 saturated heterocycles. The largest absolute Gasteiger partial charge is 0.461 e. The zero-order valence-corrected chi connectivity index (χ0v) is 12.9. The number of carbonyl (C=O) groups is 1. The van der Waals surface area contributed by atoms with E-state index < -0.39 is 15.0 Å². The number of hydrogen-bond donors (Lipinski definition) is 0. The minimum absolute atomic E-state index is 0.122. The minimum atomic E-state index is -3.90. The number of nitrogens with zero attached hydrogens (tertiary/aromatic N) is 1. The molecule has 1 aromatic carbocycles. The van der Waals surface area contributed by atoms with E-state index in [1.165, 1.54) is 16.8 Å². The molecular weight excluding hydrogens is 314 g/mol. The maximum Gasteiger partial charge on any atom is 0.354 e. The first-order valence-electron chi connectivity index (χ1n) is 6.27. The molecule has 0 spiro atoms. The van der Waals surface area contributed by atoms with Gasteiger partial charge >= 0.3 is 5.97 Å². The molecule has 0 aliphatic heterocycles. The van der Waals surface area contributed by atoms with Gasteiger partial charge in [0.25, 0.3) is 9.05 Å². The highest BCUT2D eigenvalue weighted by atomic mass is 35.7. The van der Waals surface area contributed by atoms with E-state index in [1.807, 2.05) is 30.3 Å². The number of halogens is 1. The van der Waals surface area contributed by atoms with Crippen LogP contribution in [0, 0.1) is 0 Å². The lowest BCUT2D eigenvalue weighted by atomic mass is 10.2. The van der Waals surface area contributed by atoms with E-state index in [0.29, 0.717) is 6.54 Å². The Morgan fingerprint density at radius 2 is 1.95 bits per heavy atom. The van der Waals surface area contributed by atoms with Crippen LogP contribution in [0.25, 0.3) is 0 Å². The van der Waals surface area contributed by atoms with Gasteiger partial charge < -0.3 is 9.30 Å². The summed E-state index contributed by atoms with van der Waals surface area (Å²) in [5.74, 6) is -0.583. The fourth-order valence-electron chi connectivity index (χ4n) is 1.90. The number of benzene rings is 1. The molecule has 1 heterocycles. The first-order chi connectivity index (χ1) is 9.91. The van der Waals surface area contributed by atoms with Crippen LogP contribution in [0.2, 0.25) is 0 Å². The molecule has 0 atom stereocenters. The summed E-state index contributed by atoms with van der Waals surface area (Å²) in [5.41, 5.74) is 1.08. The van der Waals surface area contributed by atoms with E-state index in [0.717, 1.165) is 5.56 Å². The molecule has 5 nitrogen and oxygen atoms in total. The van der Waals surface area contributed by atoms with Crippen LogP contribution in [0.5, 0.6) is 0 Å². The van der Waals surface area contributed by atoms with E-state index in [1.54, 1.807) is 6.92 Å². The average molecular weight is 328 g/mol. The zero-order valence-electron chi connectivity index (χ0n) is 11.3. The van der Waals surface area contributed by atoms with Crippen molar-refractivity contribution in [1.82, 2.24) is 4.57 Å². The number of aromatic nitrogens is 1. The molecule has 2 rings (SSSR count). The van der Waals surface area contributed by atoms with Crippen LogP contribution in [0.4, 0.5) is 0 Å². The molecule has 112 valence electrons. The lowest BCUT2D eigenvalue weighted by Gasteiger charge is -2.08. The van der Waals surface area contributed by atoms with Gasteiger partial charge in [0.05, 0.1) is 6.61 Å². The second-order valence-electron chi connectivity index (χ2n) is 4.33. The molecule has 21 heavy (non-hydrogen) atoms. The molecule has 0 saturated carbocycles. The van der Waals surface area contributed by atoms with Crippen molar-refractivity contribution in [2.24, 2.45) is 0 Å². The summed E-state index contributed by atoms with van der Waals surface area (Å²) < 4.78 is 29.3. The summed E-state index contributed by atoms with van der Waals surface area (Å²) in [7, 11) is 1.43. The van der Waals surface area contributed by atoms with E-state index >= 15 is 0 Å². The van der Waals surface area contributed by atoms with Gasteiger partial charge in [0, 0.05) is 23.4 Å². The monoisotopic (exact) mass is 327 g/mol. The Bertz CT molecular complexity index is 738. The fraction of sp³-hybridized carbons (Fsp3) is 0.214. The van der Waals surface area contributed by atoms with Crippen LogP contribution in [-0.2, 0) is 20.3 Å². The summed E-state index contributed by atoms with van der Waals surface area (Å²) in [5, 5.41) is 0. The lowest BCUT2D eigenvalue weighted by molar-refractivity contribution is 0.0514. The van der Waals surface area contributed by atoms with Crippen molar-refractivity contribution >= 4 is 25.7 Å². The molecule has 0 N–H and O–H groups in total. The van der Waals surface area contributed by atoms with Crippen molar-refractivity contribution < 1.29 is 17.9 Å². The number of rotatable bonds is 5. The van der Waals surface area contributed by atoms with Gasteiger partial charge in [-0.15, -0.1) is 0 Å². The van der Waals surface area contributed by atoms with Gasteiger partial charge in [-0.1, -0.05) is 30.3 Å². The van der Waals surface area contributed by atoms with Crippen molar-refractivity contribution in [1.29, 1.82) is 0 Å². The molecule has 0 aliphatic rings. The predicted octanol–water partition coefficient (Wildman–Crippen LogP) is 2.64. The number of carbonyl (C=O) groups excluding carboxylic acids is 1. The summed E-state index contributed by atoms with van der Waals surface area (Å²) in [6.07, 6.45) is 1.33. The Labute approximate surface area is 127 Å². The third-order valence-electron chi connectivity index (χ3n) is 2.83. The highest BCUT2D eigenvalue weighted by Crippen LogP contribution is 2.20. The van der Waals surface area contributed by atoms with Gasteiger partial charge in [0.15, 0.2) is 0 Å². The Kier molecular flexibility index (Phi) is 4.69. The number of esters is 1. The Hall–Kier alpha value is -1.79. The number of hydrogen-bond acceptors (Lipinski definition) is 4. The van der Waals surface area contributed by atoms with Crippen LogP contribution < -0.4 is 0 Å². The van der Waals surface area contributed by atoms with Gasteiger partial charge in [-0.25, -0.2) is 13.2 Å². The van der Waals surface area contributed by atoms with Gasteiger partial charge in [-0.3, -0.25) is 0 Å². The fourth-order valence-corrected chi connectivity index (χ4v) is 2.66. The highest BCUT2D eigenvalue weighted by molar-refractivity contribution is 8.13. The summed E-state index contributed by atoms with van der Waals surface area (Å²) in [6, 6.07) is 10.6. The maximum absolute atomic E-state index is 11.9. The van der Waals surface area contributed by atoms with Crippen molar-refractivity contribution in [3.8, 4) is 0 Å². The average Bonchev–Trinajstić information content (AvgIpc) is 2.84. The molecular formula is C14H14ClNO4S. The van der Waals surface area contributed by atoms with Crippen molar-refractivity contribution in [3.05, 3.63) is 53.9 Å². The van der Waals surface area contributed by atoms with E-state index in [9.17, 15) is 13.2 Å². The van der Waals surface area contributed by atoms with Crippen LogP contribution >= 0.6 is 10.7 Å². The molecule has 0 aliphatic carbocycles. The minimum Gasteiger partial charge on any atom is -0.461 e. The van der Waals surface area contributed by atoms with Crippen LogP contribution in [0.15, 0.2) is 47.5 Å². The van der Waals surface area contributed by atoms with E-state index in [4.69, 9.17) is 15.4 Å². The SMILES string of the molecule is CCOC(=O)c1cc(S(=O)(=O)Cl)cn1Cc1ccccc1. The molecule has 7 heteroatoms. The van der Waals surface area contributed by atoms with Crippen molar-refractivity contribution in [3.63, 3.8) is 0 Å². The van der Waals surface area contributed by atoms with Crippen molar-refractivity contribution in [2.45, 2.75) is 18.4 Å². The first kappa shape index (κ1) is 15.6. The predicted molar refractivity (Wildman–Crippen MR) is 79.0 cm³/mol. The van der Waals surface area contributed by atoms with Crippen LogP contribution in [0.3, 0.4) is 0 Å². The van der Waals surface area contributed by atoms with Crippen LogP contribution in [-0.4, -0.2) is 25.6 Å². The molecule has 1 aromatic heterocycles. The highest BCUT2D eigenvalue weighted by Gasteiger charge is 2.20. The molecule has 2 aromatic rings. The Morgan fingerprint density at radius 1 is 1.29 bits per heavy atom. The first-order valence-corrected chi connectivity index (χ1v) is 8.58. The quantitative estimate of drug-likeness (QED) is 0.625. The van der Waals surface area contributed by atoms with Gasteiger partial charge in [-0.05, 0) is 18.6 Å². The normalized spacial score (nSPS) is 11.3. The zero-order chi connectivity index (χ0) is 15.5. The smallest absolute Gasteiger partial charge is 0.354 e. The maximum atomic E-state index is 11.9. The van der Waals surface area contributed by atoms with Crippen molar-refractivity contribution in [2.75, 3.05) is 6.61 Å². The third-order valence-corrected chi connectivity index (χ3v) is 4.15. The molecule has 0 fully saturated rings. The molecule has 0 amide bonds. The van der Waals surface area contributed by atoms with Gasteiger partial charge in [0.2, 0.25) is 0 Å². The third kappa shape index (κ3) is 3.86. The number of ether oxygens (including phenoxy) is 1. The topological polar surface area (TPSA) is 65.4 Å². The van der Waals surface area contributed by atoms with Gasteiger partial charge in [0.1, 0.15) is 10.6 Å². The molecule has 0 unspecified atom stereocenters. The Balaban J connectivity index is 2.42. The second kappa shape index (κ2) is 6.32. The summed E-state index contributed by atoms with van der Waals surface area (Å²) in [6.45, 7) is 2.24. The lowest BCUT2D eigenvalue weighted by Crippen LogP contribution is -2.12. The molecule has 0 radical (unpaired) electrons. The molecule has 0 bridgehead atoms. The van der Waals surface area contributed by atoms with Gasteiger partial charge in [-0.2, -0.15) is 0 Å². The summed E-state index contributed by atoms with van der Waals surface area (Å²) >= 11 is 0.